The number of phenolic OH excluding ortho intramolecular Hbond substituents is 1. The normalized spacial score (nSPS) is 10.8. The molecule has 0 aliphatic carbocycles. The summed E-state index contributed by atoms with van der Waals surface area (Å²) in [5, 5.41) is 9.75. The van der Waals surface area contributed by atoms with Gasteiger partial charge >= 0.3 is 0 Å². The van der Waals surface area contributed by atoms with Crippen LogP contribution in [-0.2, 0) is 13.0 Å². The van der Waals surface area contributed by atoms with E-state index in [0.717, 1.165) is 28.9 Å². The molecule has 0 atom stereocenters. The molecular formula is C31H28O5. The summed E-state index contributed by atoms with van der Waals surface area (Å²) in [5.74, 6) is 1.58. The number of phenols is 1. The van der Waals surface area contributed by atoms with Crippen molar-refractivity contribution in [2.45, 2.75) is 13.0 Å². The van der Waals surface area contributed by atoms with Gasteiger partial charge in [0.05, 0.1) is 14.2 Å². The lowest BCUT2D eigenvalue weighted by molar-refractivity contribution is 0.104. The van der Waals surface area contributed by atoms with Crippen molar-refractivity contribution in [2.75, 3.05) is 14.2 Å². The Morgan fingerprint density at radius 1 is 0.778 bits per heavy atom. The smallest absolute Gasteiger partial charge is 0.185 e. The van der Waals surface area contributed by atoms with Gasteiger partial charge < -0.3 is 19.3 Å². The molecule has 4 aromatic carbocycles. The van der Waals surface area contributed by atoms with Gasteiger partial charge in [0.1, 0.15) is 18.1 Å². The van der Waals surface area contributed by atoms with E-state index in [1.54, 1.807) is 19.3 Å². The Morgan fingerprint density at radius 3 is 2.31 bits per heavy atom. The third-order valence-corrected chi connectivity index (χ3v) is 5.79. The predicted octanol–water partition coefficient (Wildman–Crippen LogP) is 6.48. The molecule has 4 rings (SSSR count). The van der Waals surface area contributed by atoms with Crippen molar-refractivity contribution < 1.29 is 24.1 Å². The first-order chi connectivity index (χ1) is 17.6. The minimum absolute atomic E-state index is 0.0110. The van der Waals surface area contributed by atoms with Crippen molar-refractivity contribution in [3.63, 3.8) is 0 Å². The SMILES string of the molecule is COc1cc(C(=O)/C=C/c2ccc(OC)c(COc3ccccc3Cc3ccccc3)c2)ccc1O. The van der Waals surface area contributed by atoms with Crippen LogP contribution in [-0.4, -0.2) is 25.1 Å². The summed E-state index contributed by atoms with van der Waals surface area (Å²) in [6.07, 6.45) is 4.02. The van der Waals surface area contributed by atoms with Crippen LogP contribution in [0.1, 0.15) is 32.6 Å². The van der Waals surface area contributed by atoms with Gasteiger partial charge in [-0.2, -0.15) is 0 Å². The minimum atomic E-state index is -0.197. The van der Waals surface area contributed by atoms with Crippen LogP contribution in [0.2, 0.25) is 0 Å². The van der Waals surface area contributed by atoms with E-state index in [2.05, 4.69) is 18.2 Å². The maximum absolute atomic E-state index is 12.6. The fourth-order valence-electron chi connectivity index (χ4n) is 3.88. The molecule has 4 aromatic rings. The van der Waals surface area contributed by atoms with Crippen LogP contribution in [0.4, 0.5) is 0 Å². The fraction of sp³-hybridized carbons (Fsp3) is 0.129. The van der Waals surface area contributed by atoms with Crippen LogP contribution in [0.5, 0.6) is 23.0 Å². The molecule has 0 heterocycles. The Kier molecular flexibility index (Phi) is 8.04. The highest BCUT2D eigenvalue weighted by molar-refractivity contribution is 6.07. The van der Waals surface area contributed by atoms with E-state index in [4.69, 9.17) is 14.2 Å². The number of para-hydroxylation sites is 1. The van der Waals surface area contributed by atoms with Gasteiger partial charge in [0.25, 0.3) is 0 Å². The van der Waals surface area contributed by atoms with Gasteiger partial charge in [-0.25, -0.2) is 0 Å². The number of rotatable bonds is 10. The Bertz CT molecular complexity index is 1360. The summed E-state index contributed by atoms with van der Waals surface area (Å²) < 4.78 is 16.8. The number of hydrogen-bond donors (Lipinski definition) is 1. The van der Waals surface area contributed by atoms with Gasteiger partial charge in [-0.05, 0) is 59.2 Å². The molecule has 182 valence electrons. The standard InChI is InChI=1S/C31H28O5/c1-34-29-17-13-23(12-15-27(32)24-14-16-28(33)31(20-24)35-2)19-26(29)21-36-30-11-7-6-10-25(30)18-22-8-4-3-5-9-22/h3-17,19-20,33H,18,21H2,1-2H3/b15-12+. The number of carbonyl (C=O) groups is 1. The highest BCUT2D eigenvalue weighted by Gasteiger charge is 2.10. The third kappa shape index (κ3) is 6.13. The first-order valence-corrected chi connectivity index (χ1v) is 11.6. The Morgan fingerprint density at radius 2 is 1.53 bits per heavy atom. The summed E-state index contributed by atoms with van der Waals surface area (Å²) in [6.45, 7) is 0.319. The van der Waals surface area contributed by atoms with Crippen molar-refractivity contribution in [3.8, 4) is 23.0 Å². The molecule has 0 unspecified atom stereocenters. The molecule has 0 aliphatic heterocycles. The second-order valence-corrected chi connectivity index (χ2v) is 8.21. The number of methoxy groups -OCH3 is 2. The monoisotopic (exact) mass is 480 g/mol. The zero-order valence-corrected chi connectivity index (χ0v) is 20.3. The topological polar surface area (TPSA) is 65.0 Å². The summed E-state index contributed by atoms with van der Waals surface area (Å²) in [6, 6.07) is 28.5. The maximum atomic E-state index is 12.6. The van der Waals surface area contributed by atoms with E-state index in [1.165, 1.54) is 30.9 Å². The number of allylic oxidation sites excluding steroid dienone is 1. The molecular weight excluding hydrogens is 452 g/mol. The predicted molar refractivity (Wildman–Crippen MR) is 141 cm³/mol. The maximum Gasteiger partial charge on any atom is 0.185 e. The lowest BCUT2D eigenvalue weighted by atomic mass is 10.0. The molecule has 1 N–H and O–H groups in total. The Labute approximate surface area is 211 Å². The number of ether oxygens (including phenoxy) is 3. The van der Waals surface area contributed by atoms with Crippen molar-refractivity contribution in [1.29, 1.82) is 0 Å². The number of benzene rings is 4. The molecule has 0 fully saturated rings. The molecule has 0 aliphatic rings. The minimum Gasteiger partial charge on any atom is -0.504 e. The quantitative estimate of drug-likeness (QED) is 0.208. The Hall–Kier alpha value is -4.51. The second kappa shape index (κ2) is 11.8. The summed E-state index contributed by atoms with van der Waals surface area (Å²) in [7, 11) is 3.07. The number of hydrogen-bond acceptors (Lipinski definition) is 5. The van der Waals surface area contributed by atoms with Crippen LogP contribution >= 0.6 is 0 Å². The van der Waals surface area contributed by atoms with E-state index in [0.29, 0.717) is 17.9 Å². The molecule has 36 heavy (non-hydrogen) atoms. The molecule has 0 bridgehead atoms. The molecule has 0 saturated heterocycles. The van der Waals surface area contributed by atoms with Crippen LogP contribution in [0.3, 0.4) is 0 Å². The number of carbonyl (C=O) groups excluding carboxylic acids is 1. The molecule has 5 nitrogen and oxygen atoms in total. The van der Waals surface area contributed by atoms with E-state index in [1.807, 2.05) is 54.6 Å². The lowest BCUT2D eigenvalue weighted by Gasteiger charge is -2.14. The zero-order valence-electron chi connectivity index (χ0n) is 20.3. The van der Waals surface area contributed by atoms with Crippen LogP contribution in [0, 0.1) is 0 Å². The molecule has 5 heteroatoms. The number of ketones is 1. The second-order valence-electron chi connectivity index (χ2n) is 8.21. The van der Waals surface area contributed by atoms with E-state index < -0.39 is 0 Å². The molecule has 0 aromatic heterocycles. The largest absolute Gasteiger partial charge is 0.504 e. The van der Waals surface area contributed by atoms with E-state index in [9.17, 15) is 9.90 Å². The van der Waals surface area contributed by atoms with Crippen molar-refractivity contribution in [2.24, 2.45) is 0 Å². The van der Waals surface area contributed by atoms with Gasteiger partial charge in [-0.1, -0.05) is 60.7 Å². The van der Waals surface area contributed by atoms with E-state index in [-0.39, 0.29) is 17.3 Å². The fourth-order valence-corrected chi connectivity index (χ4v) is 3.88. The molecule has 0 spiro atoms. The first-order valence-electron chi connectivity index (χ1n) is 11.6. The Balaban J connectivity index is 1.49. The van der Waals surface area contributed by atoms with Crippen molar-refractivity contribution in [1.82, 2.24) is 0 Å². The highest BCUT2D eigenvalue weighted by Crippen LogP contribution is 2.28. The van der Waals surface area contributed by atoms with Gasteiger partial charge in [0.15, 0.2) is 17.3 Å². The van der Waals surface area contributed by atoms with Crippen LogP contribution in [0.25, 0.3) is 6.08 Å². The van der Waals surface area contributed by atoms with Gasteiger partial charge in [0, 0.05) is 17.5 Å². The molecule has 0 amide bonds. The highest BCUT2D eigenvalue weighted by atomic mass is 16.5. The van der Waals surface area contributed by atoms with Crippen LogP contribution in [0.15, 0.2) is 97.1 Å². The first kappa shape index (κ1) is 24.6. The lowest BCUT2D eigenvalue weighted by Crippen LogP contribution is -2.02. The van der Waals surface area contributed by atoms with Crippen molar-refractivity contribution in [3.05, 3.63) is 125 Å². The summed E-state index contributed by atoms with van der Waals surface area (Å²) in [5.41, 5.74) is 4.45. The van der Waals surface area contributed by atoms with E-state index >= 15 is 0 Å². The van der Waals surface area contributed by atoms with Crippen molar-refractivity contribution >= 4 is 11.9 Å². The van der Waals surface area contributed by atoms with Crippen LogP contribution < -0.4 is 14.2 Å². The number of aromatic hydroxyl groups is 1. The van der Waals surface area contributed by atoms with Gasteiger partial charge in [-0.3, -0.25) is 4.79 Å². The third-order valence-electron chi connectivity index (χ3n) is 5.79. The molecule has 0 saturated carbocycles. The average molecular weight is 481 g/mol. The van der Waals surface area contributed by atoms with Gasteiger partial charge in [0.2, 0.25) is 0 Å². The van der Waals surface area contributed by atoms with Gasteiger partial charge in [-0.15, -0.1) is 0 Å². The molecule has 0 radical (unpaired) electrons. The average Bonchev–Trinajstić information content (AvgIpc) is 2.92. The zero-order chi connectivity index (χ0) is 25.3. The summed E-state index contributed by atoms with van der Waals surface area (Å²) in [4.78, 5) is 12.6. The summed E-state index contributed by atoms with van der Waals surface area (Å²) >= 11 is 0.